The highest BCUT2D eigenvalue weighted by atomic mass is 79.9. The van der Waals surface area contributed by atoms with Gasteiger partial charge in [-0.2, -0.15) is 0 Å². The molecule has 0 fully saturated rings. The summed E-state index contributed by atoms with van der Waals surface area (Å²) in [7, 11) is 0. The van der Waals surface area contributed by atoms with Gasteiger partial charge in [0.15, 0.2) is 0 Å². The Kier molecular flexibility index (Phi) is 4.41. The highest BCUT2D eigenvalue weighted by Gasteiger charge is 2.02. The zero-order valence-electron chi connectivity index (χ0n) is 9.65. The monoisotopic (exact) mass is 308 g/mol. The Bertz CT molecular complexity index is 494. The molecule has 94 valence electrons. The Morgan fingerprint density at radius 3 is 2.67 bits per heavy atom. The fraction of sp³-hybridized carbons (Fsp3) is 0.154. The van der Waals surface area contributed by atoms with Crippen LogP contribution in [-0.4, -0.2) is 12.6 Å². The maximum absolute atomic E-state index is 11.5. The molecule has 5 heteroatoms. The molecule has 18 heavy (non-hydrogen) atoms. The van der Waals surface area contributed by atoms with Gasteiger partial charge in [0.25, 0.3) is 0 Å². The molecule has 0 aliphatic carbocycles. The number of amides is 2. The quantitative estimate of drug-likeness (QED) is 0.909. The Morgan fingerprint density at radius 2 is 2.00 bits per heavy atom. The van der Waals surface area contributed by atoms with Crippen molar-refractivity contribution in [1.82, 2.24) is 5.32 Å². The van der Waals surface area contributed by atoms with Gasteiger partial charge < -0.3 is 9.73 Å². The molecule has 0 bridgehead atoms. The first-order valence-corrected chi connectivity index (χ1v) is 6.36. The van der Waals surface area contributed by atoms with Crippen molar-refractivity contribution >= 4 is 27.8 Å². The maximum Gasteiger partial charge on any atom is 0.321 e. The van der Waals surface area contributed by atoms with E-state index >= 15 is 0 Å². The number of halogens is 1. The van der Waals surface area contributed by atoms with Crippen LogP contribution >= 0.6 is 15.9 Å². The van der Waals surface area contributed by atoms with Crippen LogP contribution < -0.4 is 10.6 Å². The summed E-state index contributed by atoms with van der Waals surface area (Å²) in [5.74, 6) is 0.441. The largest absolute Gasteiger partial charge is 0.449 e. The lowest BCUT2D eigenvalue weighted by molar-refractivity contribution is 0.251. The van der Waals surface area contributed by atoms with E-state index in [9.17, 15) is 4.79 Å². The molecule has 2 N–H and O–H groups in total. The molecule has 1 aromatic carbocycles. The minimum absolute atomic E-state index is 0.262. The zero-order valence-corrected chi connectivity index (χ0v) is 11.2. The van der Waals surface area contributed by atoms with Gasteiger partial charge in [-0.05, 0) is 30.2 Å². The summed E-state index contributed by atoms with van der Waals surface area (Å²) in [5.41, 5.74) is 1.18. The van der Waals surface area contributed by atoms with Crippen molar-refractivity contribution in [3.8, 4) is 0 Å². The van der Waals surface area contributed by atoms with Gasteiger partial charge in [-0.3, -0.25) is 5.32 Å². The Hall–Kier alpha value is -1.75. The van der Waals surface area contributed by atoms with E-state index in [1.807, 2.05) is 24.3 Å². The molecular formula is C13H13BrN2O2. The van der Waals surface area contributed by atoms with Gasteiger partial charge in [0.2, 0.25) is 5.88 Å². The number of rotatable bonds is 4. The van der Waals surface area contributed by atoms with Crippen molar-refractivity contribution in [1.29, 1.82) is 0 Å². The lowest BCUT2D eigenvalue weighted by Gasteiger charge is -2.05. The zero-order chi connectivity index (χ0) is 12.8. The summed E-state index contributed by atoms with van der Waals surface area (Å²) < 4.78 is 6.06. The lowest BCUT2D eigenvalue weighted by Crippen LogP contribution is -2.30. The third-order valence-corrected chi connectivity index (χ3v) is 2.90. The normalized spacial score (nSPS) is 10.1. The third-order valence-electron chi connectivity index (χ3n) is 2.37. The molecule has 1 aromatic heterocycles. The first-order valence-electron chi connectivity index (χ1n) is 5.57. The molecule has 1 heterocycles. The summed E-state index contributed by atoms with van der Waals surface area (Å²) in [6, 6.07) is 11.2. The summed E-state index contributed by atoms with van der Waals surface area (Å²) in [6.07, 6.45) is 2.30. The van der Waals surface area contributed by atoms with Crippen LogP contribution in [-0.2, 0) is 6.42 Å². The molecule has 0 saturated heterocycles. The summed E-state index contributed by atoms with van der Waals surface area (Å²) in [4.78, 5) is 11.5. The molecule has 2 rings (SSSR count). The number of hydrogen-bond acceptors (Lipinski definition) is 2. The molecule has 0 saturated carbocycles. The molecule has 0 atom stereocenters. The van der Waals surface area contributed by atoms with E-state index in [-0.39, 0.29) is 6.03 Å². The number of carbonyl (C=O) groups excluding carboxylic acids is 1. The summed E-state index contributed by atoms with van der Waals surface area (Å²) in [6.45, 7) is 0.578. The number of benzene rings is 1. The number of hydrogen-bond donors (Lipinski definition) is 2. The molecule has 2 amide bonds. The van der Waals surface area contributed by atoms with E-state index in [1.165, 1.54) is 11.8 Å². The van der Waals surface area contributed by atoms with Gasteiger partial charge >= 0.3 is 6.03 Å². The van der Waals surface area contributed by atoms with Crippen molar-refractivity contribution < 1.29 is 9.21 Å². The van der Waals surface area contributed by atoms with Gasteiger partial charge in [-0.1, -0.05) is 28.1 Å². The van der Waals surface area contributed by atoms with Crippen molar-refractivity contribution in [2.24, 2.45) is 0 Å². The Labute approximate surface area is 114 Å². The molecule has 2 aromatic rings. The Morgan fingerprint density at radius 1 is 1.22 bits per heavy atom. The molecule has 0 aliphatic rings. The van der Waals surface area contributed by atoms with E-state index in [0.29, 0.717) is 12.4 Å². The molecule has 0 aliphatic heterocycles. The van der Waals surface area contributed by atoms with Crippen LogP contribution in [0, 0.1) is 0 Å². The fourth-order valence-electron chi connectivity index (χ4n) is 1.48. The molecule has 0 radical (unpaired) electrons. The van der Waals surface area contributed by atoms with Gasteiger partial charge in [0, 0.05) is 17.1 Å². The molecule has 0 unspecified atom stereocenters. The summed E-state index contributed by atoms with van der Waals surface area (Å²) in [5, 5.41) is 5.36. The molecular weight excluding hydrogens is 296 g/mol. The second-order valence-corrected chi connectivity index (χ2v) is 4.65. The Balaban J connectivity index is 1.72. The van der Waals surface area contributed by atoms with Crippen molar-refractivity contribution in [2.75, 3.05) is 11.9 Å². The van der Waals surface area contributed by atoms with Crippen LogP contribution in [0.15, 0.2) is 51.6 Å². The van der Waals surface area contributed by atoms with Crippen LogP contribution in [0.25, 0.3) is 0 Å². The topological polar surface area (TPSA) is 54.3 Å². The average Bonchev–Trinajstić information content (AvgIpc) is 2.84. The predicted octanol–water partition coefficient (Wildman–Crippen LogP) is 3.41. The third kappa shape index (κ3) is 3.92. The number of anilines is 1. The van der Waals surface area contributed by atoms with Crippen molar-refractivity contribution in [2.45, 2.75) is 6.42 Å². The van der Waals surface area contributed by atoms with Gasteiger partial charge in [-0.15, -0.1) is 0 Å². The highest BCUT2D eigenvalue weighted by molar-refractivity contribution is 9.10. The number of furan rings is 1. The first kappa shape index (κ1) is 12.7. The van der Waals surface area contributed by atoms with E-state index < -0.39 is 0 Å². The van der Waals surface area contributed by atoms with Crippen molar-refractivity contribution in [3.63, 3.8) is 0 Å². The highest BCUT2D eigenvalue weighted by Crippen LogP contribution is 2.10. The van der Waals surface area contributed by atoms with Crippen LogP contribution in [0.3, 0.4) is 0 Å². The maximum atomic E-state index is 11.5. The van der Waals surface area contributed by atoms with Gasteiger partial charge in [0.1, 0.15) is 0 Å². The predicted molar refractivity (Wildman–Crippen MR) is 73.6 cm³/mol. The van der Waals surface area contributed by atoms with Gasteiger partial charge in [-0.25, -0.2) is 4.79 Å². The molecule has 0 spiro atoms. The van der Waals surface area contributed by atoms with E-state index in [2.05, 4.69) is 26.6 Å². The van der Waals surface area contributed by atoms with E-state index in [4.69, 9.17) is 4.42 Å². The SMILES string of the molecule is O=C(NCCc1ccc(Br)cc1)Nc1ccco1. The van der Waals surface area contributed by atoms with E-state index in [0.717, 1.165) is 10.9 Å². The van der Waals surface area contributed by atoms with E-state index in [1.54, 1.807) is 12.1 Å². The second kappa shape index (κ2) is 6.26. The smallest absolute Gasteiger partial charge is 0.321 e. The van der Waals surface area contributed by atoms with Crippen molar-refractivity contribution in [3.05, 3.63) is 52.7 Å². The lowest BCUT2D eigenvalue weighted by atomic mass is 10.1. The second-order valence-electron chi connectivity index (χ2n) is 3.73. The van der Waals surface area contributed by atoms with Crippen LogP contribution in [0.2, 0.25) is 0 Å². The van der Waals surface area contributed by atoms with Crippen LogP contribution in [0.4, 0.5) is 10.7 Å². The standard InChI is InChI=1S/C13H13BrN2O2/c14-11-5-3-10(4-6-11)7-8-15-13(17)16-12-2-1-9-18-12/h1-6,9H,7-8H2,(H2,15,16,17). The minimum atomic E-state index is -0.262. The number of carbonyl (C=O) groups is 1. The summed E-state index contributed by atoms with van der Waals surface area (Å²) >= 11 is 3.38. The fourth-order valence-corrected chi connectivity index (χ4v) is 1.74. The molecule has 4 nitrogen and oxygen atoms in total. The number of nitrogens with one attached hydrogen (secondary N) is 2. The average molecular weight is 309 g/mol. The minimum Gasteiger partial charge on any atom is -0.449 e. The van der Waals surface area contributed by atoms with Crippen LogP contribution in [0.5, 0.6) is 0 Å². The van der Waals surface area contributed by atoms with Crippen LogP contribution in [0.1, 0.15) is 5.56 Å². The first-order chi connectivity index (χ1) is 8.74. The number of urea groups is 1. The van der Waals surface area contributed by atoms with Gasteiger partial charge in [0.05, 0.1) is 6.26 Å².